The molecule has 0 bridgehead atoms. The third kappa shape index (κ3) is 3.22. The van der Waals surface area contributed by atoms with Crippen LogP contribution >= 0.6 is 0 Å². The number of hydrogen-bond donors (Lipinski definition) is 0. The van der Waals surface area contributed by atoms with Crippen molar-refractivity contribution in [1.29, 1.82) is 0 Å². The summed E-state index contributed by atoms with van der Waals surface area (Å²) in [5, 5.41) is 1.22. The Hall–Kier alpha value is -3.61. The Morgan fingerprint density at radius 1 is 1.09 bits per heavy atom. The average Bonchev–Trinajstić information content (AvgIpc) is 3.49. The number of amides is 1. The van der Waals surface area contributed by atoms with Gasteiger partial charge in [0.25, 0.3) is 11.5 Å². The predicted octanol–water partition coefficient (Wildman–Crippen LogP) is 3.76. The second-order valence-corrected chi connectivity index (χ2v) is 9.54. The zero-order valence-electron chi connectivity index (χ0n) is 19.2. The van der Waals surface area contributed by atoms with Gasteiger partial charge in [-0.25, -0.2) is 4.98 Å². The van der Waals surface area contributed by atoms with E-state index in [1.165, 1.54) is 29.3 Å². The van der Waals surface area contributed by atoms with E-state index < -0.39 is 0 Å². The van der Waals surface area contributed by atoms with Crippen molar-refractivity contribution in [2.24, 2.45) is 7.05 Å². The maximum atomic E-state index is 13.5. The van der Waals surface area contributed by atoms with Gasteiger partial charge >= 0.3 is 0 Å². The van der Waals surface area contributed by atoms with Crippen LogP contribution in [0, 0.1) is 6.92 Å². The van der Waals surface area contributed by atoms with Crippen LogP contribution in [0.1, 0.15) is 53.0 Å². The predicted molar refractivity (Wildman–Crippen MR) is 127 cm³/mol. The van der Waals surface area contributed by atoms with Crippen molar-refractivity contribution >= 4 is 16.8 Å². The zero-order valence-corrected chi connectivity index (χ0v) is 19.2. The molecule has 6 rings (SSSR count). The number of benzene rings is 1. The Balaban J connectivity index is 1.36. The highest BCUT2D eigenvalue weighted by Gasteiger charge is 2.32. The molecule has 0 N–H and O–H groups in total. The molecule has 7 nitrogen and oxygen atoms in total. The van der Waals surface area contributed by atoms with Gasteiger partial charge in [0, 0.05) is 49.5 Å². The number of aryl methyl sites for hydroxylation is 2. The van der Waals surface area contributed by atoms with Crippen molar-refractivity contribution in [3.05, 3.63) is 81.9 Å². The molecule has 1 fully saturated rings. The van der Waals surface area contributed by atoms with Gasteiger partial charge in [0.05, 0.1) is 12.0 Å². The zero-order chi connectivity index (χ0) is 22.9. The highest BCUT2D eigenvalue weighted by Crippen LogP contribution is 2.41. The lowest BCUT2D eigenvalue weighted by Gasteiger charge is -2.35. The van der Waals surface area contributed by atoms with E-state index in [1.54, 1.807) is 27.6 Å². The minimum atomic E-state index is -0.163. The number of carbonyl (C=O) groups is 1. The lowest BCUT2D eigenvalue weighted by molar-refractivity contribution is 0.0591. The van der Waals surface area contributed by atoms with E-state index in [0.717, 1.165) is 11.3 Å². The average molecular weight is 442 g/mol. The highest BCUT2D eigenvalue weighted by atomic mass is 16.2. The summed E-state index contributed by atoms with van der Waals surface area (Å²) in [6.07, 6.45) is 8.12. The number of pyridine rings is 1. The van der Waals surface area contributed by atoms with E-state index in [2.05, 4.69) is 41.0 Å². The van der Waals surface area contributed by atoms with Gasteiger partial charge in [-0.2, -0.15) is 0 Å². The van der Waals surface area contributed by atoms with Crippen LogP contribution in [-0.2, 0) is 20.1 Å². The molecule has 1 aliphatic carbocycles. The molecule has 3 aromatic heterocycles. The Kier molecular flexibility index (Phi) is 4.37. The van der Waals surface area contributed by atoms with Crippen LogP contribution < -0.4 is 5.56 Å². The molecule has 1 amide bonds. The number of hydrogen-bond acceptors (Lipinski definition) is 3. The van der Waals surface area contributed by atoms with Crippen LogP contribution in [-0.4, -0.2) is 35.5 Å². The molecule has 1 aromatic carbocycles. The van der Waals surface area contributed by atoms with Crippen LogP contribution in [0.25, 0.3) is 16.6 Å². The van der Waals surface area contributed by atoms with Crippen LogP contribution in [0.4, 0.5) is 0 Å². The monoisotopic (exact) mass is 441 g/mol. The van der Waals surface area contributed by atoms with Crippen LogP contribution in [0.2, 0.25) is 0 Å². The fourth-order valence-electron chi connectivity index (χ4n) is 5.09. The molecular weight excluding hydrogens is 414 g/mol. The fraction of sp³-hybridized carbons (Fsp3) is 0.346. The summed E-state index contributed by atoms with van der Waals surface area (Å²) in [5.74, 6) is 0.583. The Morgan fingerprint density at radius 2 is 1.91 bits per heavy atom. The number of fused-ring (bicyclic) bond motifs is 2. The molecule has 4 aromatic rings. The molecule has 1 aliphatic heterocycles. The summed E-state index contributed by atoms with van der Waals surface area (Å²) in [7, 11) is 2.05. The molecule has 168 valence electrons. The third-order valence-electron chi connectivity index (χ3n) is 7.09. The van der Waals surface area contributed by atoms with Gasteiger partial charge in [-0.15, -0.1) is 0 Å². The highest BCUT2D eigenvalue weighted by molar-refractivity contribution is 5.94. The van der Waals surface area contributed by atoms with Gasteiger partial charge in [-0.1, -0.05) is 6.07 Å². The molecule has 33 heavy (non-hydrogen) atoms. The first-order chi connectivity index (χ1) is 15.9. The second-order valence-electron chi connectivity index (χ2n) is 9.54. The molecule has 2 aliphatic rings. The van der Waals surface area contributed by atoms with E-state index in [4.69, 9.17) is 0 Å². The maximum Gasteiger partial charge on any atom is 0.275 e. The second kappa shape index (κ2) is 7.20. The molecule has 4 heterocycles. The van der Waals surface area contributed by atoms with Gasteiger partial charge in [0.1, 0.15) is 11.4 Å². The van der Waals surface area contributed by atoms with E-state index >= 15 is 0 Å². The lowest BCUT2D eigenvalue weighted by atomic mass is 10.0. The summed E-state index contributed by atoms with van der Waals surface area (Å²) in [5.41, 5.74) is 5.36. The van der Waals surface area contributed by atoms with Gasteiger partial charge in [-0.05, 0) is 68.0 Å². The Bertz CT molecular complexity index is 1470. The first-order valence-corrected chi connectivity index (χ1v) is 11.5. The molecule has 0 spiro atoms. The molecule has 0 radical (unpaired) electrons. The van der Waals surface area contributed by atoms with Crippen LogP contribution in [0.15, 0.2) is 53.8 Å². The molecule has 0 unspecified atom stereocenters. The maximum absolute atomic E-state index is 13.5. The quantitative estimate of drug-likeness (QED) is 0.484. The topological polar surface area (TPSA) is 65.1 Å². The number of nitrogens with zero attached hydrogens (tertiary/aromatic N) is 5. The van der Waals surface area contributed by atoms with E-state index in [9.17, 15) is 9.59 Å². The molecular formula is C26H27N5O2. The minimum absolute atomic E-state index is 0.0932. The number of rotatable bonds is 4. The normalized spacial score (nSPS) is 18.2. The summed E-state index contributed by atoms with van der Waals surface area (Å²) < 4.78 is 5.47. The van der Waals surface area contributed by atoms with Crippen molar-refractivity contribution in [3.63, 3.8) is 0 Å². The van der Waals surface area contributed by atoms with Crippen molar-refractivity contribution in [1.82, 2.24) is 23.6 Å². The van der Waals surface area contributed by atoms with Crippen LogP contribution in [0.5, 0.6) is 0 Å². The molecule has 1 atom stereocenters. The standard InChI is InChI=1S/C26H27N5O2/c1-16-11-29(15-27-16)23-8-9-24-26(33)30(17(2)12-31(24)25(23)32)14-20-13-28(3)22-7-6-19(10-21(20)22)18-4-5-18/h6-11,13,15,17-18H,4-5,12,14H2,1-3H3/t17-/m0/s1. The third-order valence-corrected chi connectivity index (χ3v) is 7.09. The summed E-state index contributed by atoms with van der Waals surface area (Å²) in [6, 6.07) is 10.1. The lowest BCUT2D eigenvalue weighted by Crippen LogP contribution is -2.49. The van der Waals surface area contributed by atoms with Gasteiger partial charge in [0.2, 0.25) is 0 Å². The van der Waals surface area contributed by atoms with E-state index in [0.29, 0.717) is 30.4 Å². The van der Waals surface area contributed by atoms with Gasteiger partial charge in [0.15, 0.2) is 0 Å². The van der Waals surface area contributed by atoms with Crippen LogP contribution in [0.3, 0.4) is 0 Å². The largest absolute Gasteiger partial charge is 0.350 e. The molecule has 1 saturated carbocycles. The summed E-state index contributed by atoms with van der Waals surface area (Å²) >= 11 is 0. The Labute approximate surface area is 191 Å². The van der Waals surface area contributed by atoms with Crippen molar-refractivity contribution in [2.75, 3.05) is 0 Å². The van der Waals surface area contributed by atoms with E-state index in [-0.39, 0.29) is 17.5 Å². The molecule has 0 saturated heterocycles. The van der Waals surface area contributed by atoms with Crippen molar-refractivity contribution < 1.29 is 4.79 Å². The summed E-state index contributed by atoms with van der Waals surface area (Å²) in [6.45, 7) is 4.90. The SMILES string of the molecule is Cc1cn(-c2ccc3n(c2=O)C[C@H](C)N(Cc2cn(C)c4ccc(C5CC5)cc24)C3=O)cn1. The number of carbonyl (C=O) groups excluding carboxylic acids is 1. The molecule has 7 heteroatoms. The van der Waals surface area contributed by atoms with Gasteiger partial charge in [-0.3, -0.25) is 9.59 Å². The number of imidazole rings is 1. The Morgan fingerprint density at radius 3 is 2.64 bits per heavy atom. The summed E-state index contributed by atoms with van der Waals surface area (Å²) in [4.78, 5) is 32.8. The fourth-order valence-corrected chi connectivity index (χ4v) is 5.09. The minimum Gasteiger partial charge on any atom is -0.350 e. The smallest absolute Gasteiger partial charge is 0.275 e. The van der Waals surface area contributed by atoms with Gasteiger partial charge < -0.3 is 18.6 Å². The van der Waals surface area contributed by atoms with Crippen molar-refractivity contribution in [3.8, 4) is 5.69 Å². The number of aromatic nitrogens is 4. The van der Waals surface area contributed by atoms with Crippen molar-refractivity contribution in [2.45, 2.75) is 51.7 Å². The van der Waals surface area contributed by atoms with E-state index in [1.807, 2.05) is 24.9 Å². The first kappa shape index (κ1) is 20.0. The first-order valence-electron chi connectivity index (χ1n) is 11.5.